The van der Waals surface area contributed by atoms with Crippen molar-refractivity contribution in [1.29, 1.82) is 0 Å². The molecule has 0 atom stereocenters. The highest BCUT2D eigenvalue weighted by molar-refractivity contribution is 5.30. The van der Waals surface area contributed by atoms with Crippen LogP contribution in [0.4, 0.5) is 4.39 Å². The SMILES string of the molecule is O=c1c(=O)n(C2CCCC2)ccn1Cc1cn(-c2ccc(F)cc2)nn1. The van der Waals surface area contributed by atoms with E-state index in [0.29, 0.717) is 11.4 Å². The summed E-state index contributed by atoms with van der Waals surface area (Å²) < 4.78 is 17.4. The first kappa shape index (κ1) is 16.4. The summed E-state index contributed by atoms with van der Waals surface area (Å²) in [4.78, 5) is 24.8. The van der Waals surface area contributed by atoms with Gasteiger partial charge in [0, 0.05) is 18.4 Å². The largest absolute Gasteiger partial charge is 0.316 e. The van der Waals surface area contributed by atoms with Crippen LogP contribution in [0.25, 0.3) is 5.69 Å². The summed E-state index contributed by atoms with van der Waals surface area (Å²) in [6.45, 7) is 0.154. The lowest BCUT2D eigenvalue weighted by Gasteiger charge is -2.13. The maximum atomic E-state index is 13.0. The minimum Gasteiger partial charge on any atom is -0.306 e. The van der Waals surface area contributed by atoms with Crippen molar-refractivity contribution in [2.45, 2.75) is 38.3 Å². The lowest BCUT2D eigenvalue weighted by Crippen LogP contribution is -2.41. The van der Waals surface area contributed by atoms with Gasteiger partial charge in [-0.15, -0.1) is 5.10 Å². The molecule has 0 amide bonds. The van der Waals surface area contributed by atoms with Crippen molar-refractivity contribution in [1.82, 2.24) is 24.1 Å². The summed E-state index contributed by atoms with van der Waals surface area (Å²) >= 11 is 0. The average molecular weight is 355 g/mol. The normalized spacial score (nSPS) is 14.8. The van der Waals surface area contributed by atoms with Crippen LogP contribution >= 0.6 is 0 Å². The van der Waals surface area contributed by atoms with Gasteiger partial charge >= 0.3 is 11.1 Å². The molecule has 3 aromatic rings. The van der Waals surface area contributed by atoms with Gasteiger partial charge < -0.3 is 9.13 Å². The summed E-state index contributed by atoms with van der Waals surface area (Å²) in [6.07, 6.45) is 9.02. The molecule has 7 nitrogen and oxygen atoms in total. The molecule has 2 heterocycles. The van der Waals surface area contributed by atoms with Gasteiger partial charge in [-0.1, -0.05) is 18.1 Å². The van der Waals surface area contributed by atoms with Gasteiger partial charge in [0.25, 0.3) is 0 Å². The van der Waals surface area contributed by atoms with Gasteiger partial charge in [-0.2, -0.15) is 0 Å². The van der Waals surface area contributed by atoms with Crippen LogP contribution in [-0.2, 0) is 6.54 Å². The van der Waals surface area contributed by atoms with Crippen molar-refractivity contribution in [3.8, 4) is 5.69 Å². The lowest BCUT2D eigenvalue weighted by molar-refractivity contribution is 0.487. The van der Waals surface area contributed by atoms with Crippen LogP contribution in [0, 0.1) is 5.82 Å². The maximum absolute atomic E-state index is 13.0. The Labute approximate surface area is 148 Å². The molecular weight excluding hydrogens is 337 g/mol. The molecule has 0 unspecified atom stereocenters. The molecule has 4 rings (SSSR count). The number of nitrogens with zero attached hydrogens (tertiary/aromatic N) is 5. The molecule has 0 N–H and O–H groups in total. The van der Waals surface area contributed by atoms with Crippen molar-refractivity contribution in [3.05, 3.63) is 75.1 Å². The zero-order chi connectivity index (χ0) is 18.1. The molecule has 0 spiro atoms. The molecule has 1 aliphatic rings. The van der Waals surface area contributed by atoms with Crippen LogP contribution in [0.1, 0.15) is 37.4 Å². The zero-order valence-electron chi connectivity index (χ0n) is 14.1. The third-order valence-electron chi connectivity index (χ3n) is 4.77. The predicted octanol–water partition coefficient (Wildman–Crippen LogP) is 1.89. The number of rotatable bonds is 4. The summed E-state index contributed by atoms with van der Waals surface area (Å²) in [5.74, 6) is -0.330. The van der Waals surface area contributed by atoms with Crippen molar-refractivity contribution in [2.24, 2.45) is 0 Å². The Morgan fingerprint density at radius 2 is 1.77 bits per heavy atom. The van der Waals surface area contributed by atoms with E-state index < -0.39 is 11.1 Å². The molecule has 0 saturated heterocycles. The molecule has 2 aromatic heterocycles. The zero-order valence-corrected chi connectivity index (χ0v) is 14.1. The van der Waals surface area contributed by atoms with Crippen LogP contribution in [0.5, 0.6) is 0 Å². The molecular formula is C18H18FN5O2. The van der Waals surface area contributed by atoms with E-state index in [9.17, 15) is 14.0 Å². The van der Waals surface area contributed by atoms with Crippen molar-refractivity contribution < 1.29 is 4.39 Å². The number of benzene rings is 1. The second kappa shape index (κ2) is 6.70. The van der Waals surface area contributed by atoms with Crippen LogP contribution in [0.15, 0.2) is 52.4 Å². The predicted molar refractivity (Wildman–Crippen MR) is 92.9 cm³/mol. The molecule has 0 radical (unpaired) electrons. The Balaban J connectivity index is 1.58. The summed E-state index contributed by atoms with van der Waals surface area (Å²) in [5, 5.41) is 8.02. The van der Waals surface area contributed by atoms with Crippen molar-refractivity contribution in [3.63, 3.8) is 0 Å². The Kier molecular flexibility index (Phi) is 4.24. The van der Waals surface area contributed by atoms with Gasteiger partial charge in [-0.25, -0.2) is 9.07 Å². The highest BCUT2D eigenvalue weighted by Gasteiger charge is 2.19. The standard InChI is InChI=1S/C18H18FN5O2/c19-13-5-7-16(8-6-13)24-12-14(20-21-24)11-22-9-10-23(18(26)17(22)25)15-3-1-2-4-15/h5-10,12,15H,1-4,11H2. The Bertz CT molecular complexity index is 1030. The number of halogens is 1. The Hall–Kier alpha value is -3.03. The average Bonchev–Trinajstić information content (AvgIpc) is 3.32. The van der Waals surface area contributed by atoms with Crippen LogP contribution in [0.2, 0.25) is 0 Å². The summed E-state index contributed by atoms with van der Waals surface area (Å²) in [5.41, 5.74) is 0.143. The highest BCUT2D eigenvalue weighted by Crippen LogP contribution is 2.27. The van der Waals surface area contributed by atoms with Gasteiger partial charge in [-0.05, 0) is 37.1 Å². The fourth-order valence-corrected chi connectivity index (χ4v) is 3.38. The molecule has 134 valence electrons. The van der Waals surface area contributed by atoms with Gasteiger partial charge in [-0.3, -0.25) is 9.59 Å². The van der Waals surface area contributed by atoms with Gasteiger partial charge in [0.2, 0.25) is 0 Å². The second-order valence-corrected chi connectivity index (χ2v) is 6.51. The summed E-state index contributed by atoms with van der Waals surface area (Å²) in [6, 6.07) is 5.98. The minimum atomic E-state index is -0.560. The number of hydrogen-bond acceptors (Lipinski definition) is 4. The quantitative estimate of drug-likeness (QED) is 0.670. The van der Waals surface area contributed by atoms with E-state index in [1.807, 2.05) is 0 Å². The fourth-order valence-electron chi connectivity index (χ4n) is 3.38. The topological polar surface area (TPSA) is 74.7 Å². The van der Waals surface area contributed by atoms with E-state index in [2.05, 4.69) is 10.3 Å². The van der Waals surface area contributed by atoms with Gasteiger partial charge in [0.05, 0.1) is 18.4 Å². The third kappa shape index (κ3) is 3.10. The van der Waals surface area contributed by atoms with E-state index in [1.54, 1.807) is 35.3 Å². The fraction of sp³-hybridized carbons (Fsp3) is 0.333. The van der Waals surface area contributed by atoms with Crippen molar-refractivity contribution >= 4 is 0 Å². The Morgan fingerprint density at radius 3 is 2.50 bits per heavy atom. The second-order valence-electron chi connectivity index (χ2n) is 6.51. The molecule has 1 fully saturated rings. The molecule has 0 aliphatic heterocycles. The molecule has 26 heavy (non-hydrogen) atoms. The van der Waals surface area contributed by atoms with Gasteiger partial charge in [0.1, 0.15) is 11.5 Å². The van der Waals surface area contributed by atoms with E-state index in [-0.39, 0.29) is 18.4 Å². The van der Waals surface area contributed by atoms with Gasteiger partial charge in [0.15, 0.2) is 0 Å². The smallest absolute Gasteiger partial charge is 0.306 e. The first-order valence-corrected chi connectivity index (χ1v) is 8.60. The van der Waals surface area contributed by atoms with E-state index in [4.69, 9.17) is 0 Å². The molecule has 8 heteroatoms. The molecule has 0 bridgehead atoms. The molecule has 1 aliphatic carbocycles. The van der Waals surface area contributed by atoms with Crippen molar-refractivity contribution in [2.75, 3.05) is 0 Å². The van der Waals surface area contributed by atoms with E-state index in [0.717, 1.165) is 25.7 Å². The maximum Gasteiger partial charge on any atom is 0.316 e. The third-order valence-corrected chi connectivity index (χ3v) is 4.77. The van der Waals surface area contributed by atoms with Crippen LogP contribution < -0.4 is 11.1 Å². The van der Waals surface area contributed by atoms with Crippen LogP contribution in [0.3, 0.4) is 0 Å². The first-order valence-electron chi connectivity index (χ1n) is 8.60. The van der Waals surface area contributed by atoms with E-state index >= 15 is 0 Å². The van der Waals surface area contributed by atoms with E-state index in [1.165, 1.54) is 21.4 Å². The Morgan fingerprint density at radius 1 is 1.04 bits per heavy atom. The lowest BCUT2D eigenvalue weighted by atomic mass is 10.2. The number of hydrogen-bond donors (Lipinski definition) is 0. The molecule has 1 aromatic carbocycles. The molecule has 1 saturated carbocycles. The number of aromatic nitrogens is 5. The summed E-state index contributed by atoms with van der Waals surface area (Å²) in [7, 11) is 0. The van der Waals surface area contributed by atoms with Crippen LogP contribution in [-0.4, -0.2) is 24.1 Å². The highest BCUT2D eigenvalue weighted by atomic mass is 19.1. The minimum absolute atomic E-state index is 0.129. The monoisotopic (exact) mass is 355 g/mol. The first-order chi connectivity index (χ1) is 12.6.